The number of rotatable bonds is 1. The van der Waals surface area contributed by atoms with E-state index in [1.165, 1.54) is 6.92 Å². The Kier molecular flexibility index (Phi) is 3.90. The minimum Gasteiger partial charge on any atom is -0.463 e. The number of carbonyl (C=O) groups excluding carboxylic acids is 3. The lowest BCUT2D eigenvalue weighted by Gasteiger charge is -2.59. The second kappa shape index (κ2) is 5.65. The molecule has 4 aliphatic rings. The highest BCUT2D eigenvalue weighted by atomic mass is 16.5. The average molecular weight is 346 g/mol. The third-order valence-corrected chi connectivity index (χ3v) is 8.46. The standard InChI is InChI=1S/C21H30O4/c1-12(22)25-14-6-8-20(2)13(10-14)11-17(23)19-15-4-5-18(24)21(15,3)9-7-16(19)20/h13-16,19H,4-11H2,1-3H3/t13-,14+,15-,16+,19+,20+,21+/m1/s1. The number of carbonyl (C=O) groups is 3. The molecular formula is C21H30O4. The molecule has 0 saturated heterocycles. The first-order chi connectivity index (χ1) is 11.8. The van der Waals surface area contributed by atoms with Crippen LogP contribution in [-0.4, -0.2) is 23.6 Å². The molecule has 0 spiro atoms. The Bertz CT molecular complexity index is 625. The van der Waals surface area contributed by atoms with Crippen molar-refractivity contribution in [2.45, 2.75) is 78.2 Å². The Hall–Kier alpha value is -1.19. The molecule has 4 nitrogen and oxygen atoms in total. The zero-order chi connectivity index (χ0) is 18.0. The van der Waals surface area contributed by atoms with Crippen molar-refractivity contribution in [2.24, 2.45) is 34.5 Å². The molecular weight excluding hydrogens is 316 g/mol. The summed E-state index contributed by atoms with van der Waals surface area (Å²) in [7, 11) is 0. The fourth-order valence-corrected chi connectivity index (χ4v) is 7.01. The largest absolute Gasteiger partial charge is 0.463 e. The summed E-state index contributed by atoms with van der Waals surface area (Å²) in [6.45, 7) is 5.95. The van der Waals surface area contributed by atoms with E-state index < -0.39 is 0 Å². The molecule has 4 aliphatic carbocycles. The molecule has 25 heavy (non-hydrogen) atoms. The number of ether oxygens (including phenoxy) is 1. The van der Waals surface area contributed by atoms with Crippen LogP contribution < -0.4 is 0 Å². The quantitative estimate of drug-likeness (QED) is 0.679. The van der Waals surface area contributed by atoms with Crippen molar-refractivity contribution in [3.8, 4) is 0 Å². The second-order valence-corrected chi connectivity index (χ2v) is 9.54. The molecule has 7 atom stereocenters. The van der Waals surface area contributed by atoms with Gasteiger partial charge in [-0.15, -0.1) is 0 Å². The lowest BCUT2D eigenvalue weighted by molar-refractivity contribution is -0.166. The summed E-state index contributed by atoms with van der Waals surface area (Å²) >= 11 is 0. The summed E-state index contributed by atoms with van der Waals surface area (Å²) in [5.41, 5.74) is -0.100. The van der Waals surface area contributed by atoms with E-state index in [0.717, 1.165) is 38.5 Å². The van der Waals surface area contributed by atoms with Gasteiger partial charge in [0.25, 0.3) is 0 Å². The summed E-state index contributed by atoms with van der Waals surface area (Å²) in [5, 5.41) is 0. The van der Waals surface area contributed by atoms with Gasteiger partial charge < -0.3 is 4.74 Å². The Labute approximate surface area is 150 Å². The van der Waals surface area contributed by atoms with Crippen molar-refractivity contribution < 1.29 is 19.1 Å². The van der Waals surface area contributed by atoms with Gasteiger partial charge in [0.2, 0.25) is 0 Å². The van der Waals surface area contributed by atoms with Gasteiger partial charge in [-0.3, -0.25) is 14.4 Å². The molecule has 0 amide bonds. The molecule has 138 valence electrons. The zero-order valence-corrected chi connectivity index (χ0v) is 15.7. The predicted octanol–water partition coefficient (Wildman–Crippen LogP) is 3.71. The van der Waals surface area contributed by atoms with Gasteiger partial charge in [-0.05, 0) is 61.7 Å². The van der Waals surface area contributed by atoms with Gasteiger partial charge in [0.15, 0.2) is 0 Å². The maximum atomic E-state index is 13.1. The zero-order valence-electron chi connectivity index (χ0n) is 15.7. The van der Waals surface area contributed by atoms with Crippen LogP contribution in [0.15, 0.2) is 0 Å². The van der Waals surface area contributed by atoms with Crippen LogP contribution in [0.4, 0.5) is 0 Å². The fourth-order valence-electron chi connectivity index (χ4n) is 7.01. The summed E-state index contributed by atoms with van der Waals surface area (Å²) in [4.78, 5) is 36.9. The van der Waals surface area contributed by atoms with Crippen LogP contribution >= 0.6 is 0 Å². The van der Waals surface area contributed by atoms with Crippen molar-refractivity contribution in [3.05, 3.63) is 0 Å². The topological polar surface area (TPSA) is 60.4 Å². The van der Waals surface area contributed by atoms with Gasteiger partial charge >= 0.3 is 5.97 Å². The second-order valence-electron chi connectivity index (χ2n) is 9.54. The summed E-state index contributed by atoms with van der Waals surface area (Å²) < 4.78 is 5.46. The van der Waals surface area contributed by atoms with Crippen LogP contribution in [0.1, 0.15) is 72.1 Å². The third-order valence-electron chi connectivity index (χ3n) is 8.46. The van der Waals surface area contributed by atoms with Crippen LogP contribution in [0.3, 0.4) is 0 Å². The Morgan fingerprint density at radius 1 is 1.08 bits per heavy atom. The monoisotopic (exact) mass is 346 g/mol. The number of fused-ring (bicyclic) bond motifs is 5. The van der Waals surface area contributed by atoms with E-state index in [1.807, 2.05) is 0 Å². The third kappa shape index (κ3) is 2.43. The normalized spacial score (nSPS) is 49.2. The number of hydrogen-bond donors (Lipinski definition) is 0. The highest BCUT2D eigenvalue weighted by Crippen LogP contribution is 2.64. The van der Waals surface area contributed by atoms with E-state index in [-0.39, 0.29) is 34.7 Å². The number of ketones is 2. The maximum absolute atomic E-state index is 13.1. The van der Waals surface area contributed by atoms with Crippen LogP contribution in [0.2, 0.25) is 0 Å². The first-order valence-electron chi connectivity index (χ1n) is 9.99. The van der Waals surface area contributed by atoms with Crippen molar-refractivity contribution in [2.75, 3.05) is 0 Å². The van der Waals surface area contributed by atoms with Crippen LogP contribution in [-0.2, 0) is 19.1 Å². The fraction of sp³-hybridized carbons (Fsp3) is 0.857. The molecule has 0 aromatic carbocycles. The van der Waals surface area contributed by atoms with Gasteiger partial charge in [-0.1, -0.05) is 13.8 Å². The van der Waals surface area contributed by atoms with Crippen LogP contribution in [0.5, 0.6) is 0 Å². The number of Topliss-reactive ketones (excluding diaryl/α,β-unsaturated/α-hetero) is 2. The molecule has 0 aromatic rings. The molecule has 0 bridgehead atoms. The van der Waals surface area contributed by atoms with E-state index in [0.29, 0.717) is 36.2 Å². The molecule has 0 unspecified atom stereocenters. The minimum atomic E-state index is -0.255. The average Bonchev–Trinajstić information content (AvgIpc) is 2.84. The molecule has 0 radical (unpaired) electrons. The molecule has 4 heteroatoms. The SMILES string of the molecule is CC(=O)O[C@H]1CC[C@@]2(C)[C@@H](CC(=O)[C@H]3[C@H]4CCC(=O)[C@@]4(C)CC[C@@H]32)C1. The van der Waals surface area contributed by atoms with Gasteiger partial charge in [-0.25, -0.2) is 0 Å². The van der Waals surface area contributed by atoms with Crippen LogP contribution in [0, 0.1) is 34.5 Å². The van der Waals surface area contributed by atoms with E-state index >= 15 is 0 Å². The highest BCUT2D eigenvalue weighted by molar-refractivity contribution is 5.90. The summed E-state index contributed by atoms with van der Waals surface area (Å²) in [6.07, 6.45) is 6.85. The maximum Gasteiger partial charge on any atom is 0.302 e. The Morgan fingerprint density at radius 3 is 2.56 bits per heavy atom. The molecule has 4 fully saturated rings. The van der Waals surface area contributed by atoms with E-state index in [9.17, 15) is 14.4 Å². The molecule has 4 saturated carbocycles. The lowest BCUT2D eigenvalue weighted by atomic mass is 9.45. The van der Waals surface area contributed by atoms with E-state index in [1.54, 1.807) is 0 Å². The first kappa shape index (κ1) is 17.2. The van der Waals surface area contributed by atoms with Crippen molar-refractivity contribution >= 4 is 17.5 Å². The first-order valence-corrected chi connectivity index (χ1v) is 9.99. The van der Waals surface area contributed by atoms with Crippen LogP contribution in [0.25, 0.3) is 0 Å². The smallest absolute Gasteiger partial charge is 0.302 e. The van der Waals surface area contributed by atoms with Crippen molar-refractivity contribution in [3.63, 3.8) is 0 Å². The number of hydrogen-bond acceptors (Lipinski definition) is 4. The molecule has 0 aliphatic heterocycles. The van der Waals surface area contributed by atoms with Gasteiger partial charge in [0.05, 0.1) is 0 Å². The van der Waals surface area contributed by atoms with E-state index in [2.05, 4.69) is 13.8 Å². The lowest BCUT2D eigenvalue weighted by Crippen LogP contribution is -2.57. The summed E-state index contributed by atoms with van der Waals surface area (Å²) in [6, 6.07) is 0. The number of esters is 1. The van der Waals surface area contributed by atoms with Crippen molar-refractivity contribution in [1.29, 1.82) is 0 Å². The summed E-state index contributed by atoms with van der Waals surface area (Å²) in [5.74, 6) is 1.61. The van der Waals surface area contributed by atoms with Gasteiger partial charge in [-0.2, -0.15) is 0 Å². The Morgan fingerprint density at radius 2 is 1.84 bits per heavy atom. The minimum absolute atomic E-state index is 0.0261. The predicted molar refractivity (Wildman–Crippen MR) is 92.7 cm³/mol. The highest BCUT2D eigenvalue weighted by Gasteiger charge is 2.62. The van der Waals surface area contributed by atoms with Gasteiger partial charge in [0.1, 0.15) is 17.7 Å². The van der Waals surface area contributed by atoms with E-state index in [4.69, 9.17) is 4.74 Å². The molecule has 0 heterocycles. The van der Waals surface area contributed by atoms with Crippen molar-refractivity contribution in [1.82, 2.24) is 0 Å². The Balaban J connectivity index is 1.60. The van der Waals surface area contributed by atoms with Gasteiger partial charge in [0, 0.05) is 31.1 Å². The molecule has 4 rings (SSSR count). The molecule has 0 aromatic heterocycles. The molecule has 0 N–H and O–H groups in total.